The van der Waals surface area contributed by atoms with Crippen molar-refractivity contribution in [1.82, 2.24) is 5.32 Å². The van der Waals surface area contributed by atoms with Crippen LogP contribution in [-0.2, 0) is 14.3 Å². The zero-order valence-corrected chi connectivity index (χ0v) is 13.7. The topological polar surface area (TPSA) is 64.6 Å². The van der Waals surface area contributed by atoms with Crippen molar-refractivity contribution < 1.29 is 19.1 Å². The SMILES string of the molecule is COC(=O)[C@@]1(NC(=O)OC(C)(C)C)C[C@@H]1c1ccc(C)cc1. The van der Waals surface area contributed by atoms with E-state index in [1.807, 2.05) is 31.2 Å². The fourth-order valence-corrected chi connectivity index (χ4v) is 2.55. The van der Waals surface area contributed by atoms with Crippen LogP contribution in [0.25, 0.3) is 0 Å². The van der Waals surface area contributed by atoms with Crippen molar-refractivity contribution in [3.63, 3.8) is 0 Å². The van der Waals surface area contributed by atoms with Gasteiger partial charge in [0.2, 0.25) is 0 Å². The van der Waals surface area contributed by atoms with Crippen molar-refractivity contribution in [2.75, 3.05) is 7.11 Å². The van der Waals surface area contributed by atoms with E-state index in [1.165, 1.54) is 7.11 Å². The van der Waals surface area contributed by atoms with Crippen molar-refractivity contribution in [2.24, 2.45) is 0 Å². The Kier molecular flexibility index (Phi) is 4.18. The highest BCUT2D eigenvalue weighted by molar-refractivity contribution is 5.91. The second-order valence-electron chi connectivity index (χ2n) is 6.76. The molecule has 0 bridgehead atoms. The smallest absolute Gasteiger partial charge is 0.408 e. The molecule has 2 atom stereocenters. The Morgan fingerprint density at radius 2 is 1.82 bits per heavy atom. The molecule has 0 radical (unpaired) electrons. The summed E-state index contributed by atoms with van der Waals surface area (Å²) in [7, 11) is 1.32. The van der Waals surface area contributed by atoms with Gasteiger partial charge in [-0.25, -0.2) is 9.59 Å². The number of esters is 1. The molecule has 1 fully saturated rings. The van der Waals surface area contributed by atoms with E-state index in [1.54, 1.807) is 20.8 Å². The minimum atomic E-state index is -1.02. The van der Waals surface area contributed by atoms with Crippen LogP contribution in [0, 0.1) is 6.92 Å². The van der Waals surface area contributed by atoms with Crippen molar-refractivity contribution in [3.8, 4) is 0 Å². The summed E-state index contributed by atoms with van der Waals surface area (Å²) in [6.07, 6.45) is -0.0883. The molecule has 0 aromatic heterocycles. The first-order chi connectivity index (χ1) is 10.2. The molecular weight excluding hydrogens is 282 g/mol. The summed E-state index contributed by atoms with van der Waals surface area (Å²) in [5.74, 6) is -0.531. The Bertz CT molecular complexity index is 573. The van der Waals surface area contributed by atoms with E-state index in [4.69, 9.17) is 9.47 Å². The van der Waals surface area contributed by atoms with Crippen LogP contribution in [0.5, 0.6) is 0 Å². The second-order valence-corrected chi connectivity index (χ2v) is 6.76. The van der Waals surface area contributed by atoms with Crippen LogP contribution in [0.4, 0.5) is 4.79 Å². The highest BCUT2D eigenvalue weighted by atomic mass is 16.6. The van der Waals surface area contributed by atoms with Crippen molar-refractivity contribution in [3.05, 3.63) is 35.4 Å². The van der Waals surface area contributed by atoms with Crippen LogP contribution < -0.4 is 5.32 Å². The molecular formula is C17H23NO4. The molecule has 1 aromatic carbocycles. The van der Waals surface area contributed by atoms with Crippen LogP contribution in [0.1, 0.15) is 44.2 Å². The quantitative estimate of drug-likeness (QED) is 0.872. The van der Waals surface area contributed by atoms with Gasteiger partial charge in [-0.1, -0.05) is 29.8 Å². The van der Waals surface area contributed by atoms with E-state index in [0.717, 1.165) is 11.1 Å². The van der Waals surface area contributed by atoms with Gasteiger partial charge >= 0.3 is 12.1 Å². The number of ether oxygens (including phenoxy) is 2. The number of benzene rings is 1. The molecule has 1 aliphatic carbocycles. The van der Waals surface area contributed by atoms with E-state index in [-0.39, 0.29) is 5.92 Å². The molecule has 1 saturated carbocycles. The zero-order valence-electron chi connectivity index (χ0n) is 13.7. The summed E-state index contributed by atoms with van der Waals surface area (Å²) in [5.41, 5.74) is 0.516. The summed E-state index contributed by atoms with van der Waals surface area (Å²) < 4.78 is 10.1. The number of hydrogen-bond donors (Lipinski definition) is 1. The van der Waals surface area contributed by atoms with Gasteiger partial charge in [-0.15, -0.1) is 0 Å². The largest absolute Gasteiger partial charge is 0.467 e. The Morgan fingerprint density at radius 1 is 1.23 bits per heavy atom. The molecule has 1 N–H and O–H groups in total. The molecule has 0 saturated heterocycles. The monoisotopic (exact) mass is 305 g/mol. The number of carbonyl (C=O) groups excluding carboxylic acids is 2. The molecule has 1 aromatic rings. The summed E-state index contributed by atoms with van der Waals surface area (Å²) in [4.78, 5) is 24.2. The maximum absolute atomic E-state index is 12.2. The molecule has 0 heterocycles. The standard InChI is InChI=1S/C17H23NO4/c1-11-6-8-12(9-7-11)13-10-17(13,14(19)21-5)18-15(20)22-16(2,3)4/h6-9,13H,10H2,1-5H3,(H,18,20)/t13-,17-/m1/s1. The Hall–Kier alpha value is -2.04. The van der Waals surface area contributed by atoms with E-state index in [9.17, 15) is 9.59 Å². The van der Waals surface area contributed by atoms with E-state index in [2.05, 4.69) is 5.32 Å². The molecule has 0 spiro atoms. The molecule has 5 nitrogen and oxygen atoms in total. The van der Waals surface area contributed by atoms with Gasteiger partial charge in [0.15, 0.2) is 0 Å². The summed E-state index contributed by atoms with van der Waals surface area (Å²) in [6, 6.07) is 7.93. The zero-order chi connectivity index (χ0) is 16.5. The number of rotatable bonds is 3. The first kappa shape index (κ1) is 16.3. The van der Waals surface area contributed by atoms with Gasteiger partial charge in [-0.2, -0.15) is 0 Å². The number of alkyl carbamates (subject to hydrolysis) is 1. The fourth-order valence-electron chi connectivity index (χ4n) is 2.55. The fraction of sp³-hybridized carbons (Fsp3) is 0.529. The summed E-state index contributed by atoms with van der Waals surface area (Å²) in [6.45, 7) is 7.34. The Labute approximate surface area is 131 Å². The van der Waals surface area contributed by atoms with Gasteiger partial charge < -0.3 is 14.8 Å². The molecule has 1 amide bonds. The number of carbonyl (C=O) groups is 2. The van der Waals surface area contributed by atoms with Gasteiger partial charge in [0, 0.05) is 5.92 Å². The lowest BCUT2D eigenvalue weighted by molar-refractivity contribution is -0.144. The highest BCUT2D eigenvalue weighted by Gasteiger charge is 2.63. The van der Waals surface area contributed by atoms with Crippen LogP contribution >= 0.6 is 0 Å². The molecule has 1 aliphatic rings. The average Bonchev–Trinajstić information content (AvgIpc) is 3.11. The predicted octanol–water partition coefficient (Wildman–Crippen LogP) is 2.92. The number of nitrogens with one attached hydrogen (secondary N) is 1. The van der Waals surface area contributed by atoms with E-state index in [0.29, 0.717) is 6.42 Å². The maximum Gasteiger partial charge on any atom is 0.408 e. The van der Waals surface area contributed by atoms with Crippen molar-refractivity contribution >= 4 is 12.1 Å². The third-order valence-electron chi connectivity index (χ3n) is 3.71. The summed E-state index contributed by atoms with van der Waals surface area (Å²) in [5, 5.41) is 2.70. The van der Waals surface area contributed by atoms with Crippen LogP contribution in [-0.4, -0.2) is 30.3 Å². The van der Waals surface area contributed by atoms with E-state index < -0.39 is 23.2 Å². The van der Waals surface area contributed by atoms with Crippen molar-refractivity contribution in [2.45, 2.75) is 51.2 Å². The minimum absolute atomic E-state index is 0.0898. The number of amides is 1. The second kappa shape index (κ2) is 5.63. The third-order valence-corrected chi connectivity index (χ3v) is 3.71. The van der Waals surface area contributed by atoms with Gasteiger partial charge in [-0.3, -0.25) is 0 Å². The first-order valence-electron chi connectivity index (χ1n) is 7.34. The number of aryl methyl sites for hydroxylation is 1. The maximum atomic E-state index is 12.2. The molecule has 120 valence electrons. The number of hydrogen-bond acceptors (Lipinski definition) is 4. The highest BCUT2D eigenvalue weighted by Crippen LogP contribution is 2.52. The lowest BCUT2D eigenvalue weighted by atomic mass is 10.0. The lowest BCUT2D eigenvalue weighted by Gasteiger charge is -2.23. The Morgan fingerprint density at radius 3 is 2.32 bits per heavy atom. The third kappa shape index (κ3) is 3.40. The lowest BCUT2D eigenvalue weighted by Crippen LogP contribution is -2.47. The van der Waals surface area contributed by atoms with Crippen molar-refractivity contribution in [1.29, 1.82) is 0 Å². The van der Waals surface area contributed by atoms with Gasteiger partial charge in [0.1, 0.15) is 11.1 Å². The molecule has 2 rings (SSSR count). The summed E-state index contributed by atoms with van der Waals surface area (Å²) >= 11 is 0. The molecule has 22 heavy (non-hydrogen) atoms. The van der Waals surface area contributed by atoms with Crippen LogP contribution in [0.15, 0.2) is 24.3 Å². The van der Waals surface area contributed by atoms with Gasteiger partial charge in [0.25, 0.3) is 0 Å². The molecule has 0 unspecified atom stereocenters. The predicted molar refractivity (Wildman–Crippen MR) is 82.7 cm³/mol. The Balaban J connectivity index is 2.16. The van der Waals surface area contributed by atoms with Crippen LogP contribution in [0.2, 0.25) is 0 Å². The average molecular weight is 305 g/mol. The van der Waals surface area contributed by atoms with E-state index >= 15 is 0 Å². The minimum Gasteiger partial charge on any atom is -0.467 e. The van der Waals surface area contributed by atoms with Gasteiger partial charge in [-0.05, 0) is 39.7 Å². The van der Waals surface area contributed by atoms with Crippen LogP contribution in [0.3, 0.4) is 0 Å². The molecule has 0 aliphatic heterocycles. The normalized spacial score (nSPS) is 23.6. The molecule has 5 heteroatoms. The number of methoxy groups -OCH3 is 1. The first-order valence-corrected chi connectivity index (χ1v) is 7.34. The van der Waals surface area contributed by atoms with Gasteiger partial charge in [0.05, 0.1) is 7.11 Å².